The molecule has 0 bridgehead atoms. The van der Waals surface area contributed by atoms with Crippen LogP contribution in [0, 0.1) is 0 Å². The Balaban J connectivity index is 1.78. The van der Waals surface area contributed by atoms with E-state index in [4.69, 9.17) is 9.47 Å². The molecule has 4 heteroatoms. The van der Waals surface area contributed by atoms with E-state index in [9.17, 15) is 0 Å². The summed E-state index contributed by atoms with van der Waals surface area (Å²) in [7, 11) is 3.27. The van der Waals surface area contributed by atoms with Gasteiger partial charge in [-0.05, 0) is 24.9 Å². The molecular weight excluding hydrogens is 264 g/mol. The highest BCUT2D eigenvalue weighted by Gasteiger charge is 2.10. The van der Waals surface area contributed by atoms with Gasteiger partial charge in [0.25, 0.3) is 0 Å². The van der Waals surface area contributed by atoms with Crippen LogP contribution < -0.4 is 14.8 Å². The van der Waals surface area contributed by atoms with E-state index in [1.54, 1.807) is 26.5 Å². The number of benzene rings is 1. The highest BCUT2D eigenvalue weighted by atomic mass is 16.5. The molecule has 0 aliphatic heterocycles. The van der Waals surface area contributed by atoms with E-state index >= 15 is 0 Å². The zero-order chi connectivity index (χ0) is 14.9. The van der Waals surface area contributed by atoms with Crippen molar-refractivity contribution in [3.63, 3.8) is 0 Å². The van der Waals surface area contributed by atoms with Crippen molar-refractivity contribution in [3.8, 4) is 11.5 Å². The van der Waals surface area contributed by atoms with Gasteiger partial charge in [-0.3, -0.25) is 4.98 Å². The highest BCUT2D eigenvalue weighted by molar-refractivity contribution is 5.42. The maximum atomic E-state index is 5.37. The lowest BCUT2D eigenvalue weighted by Gasteiger charge is -2.12. The van der Waals surface area contributed by atoms with Crippen LogP contribution in [-0.2, 0) is 13.0 Å². The van der Waals surface area contributed by atoms with Gasteiger partial charge in [0.2, 0.25) is 0 Å². The van der Waals surface area contributed by atoms with Gasteiger partial charge >= 0.3 is 0 Å². The maximum Gasteiger partial charge on any atom is 0.183 e. The van der Waals surface area contributed by atoms with Crippen molar-refractivity contribution in [3.05, 3.63) is 53.9 Å². The number of nitrogens with one attached hydrogen (secondary N) is 1. The summed E-state index contributed by atoms with van der Waals surface area (Å²) in [5, 5.41) is 3.40. The highest BCUT2D eigenvalue weighted by Crippen LogP contribution is 2.28. The molecular formula is C17H22N2O2. The Morgan fingerprint density at radius 2 is 1.86 bits per heavy atom. The standard InChI is InChI=1S/C17H22N2O2/c1-20-16-10-12-19-15(17(16)21-2)13-18-11-6-9-14-7-4-3-5-8-14/h3-5,7-8,10,12,18H,6,9,11,13H2,1-2H3. The fourth-order valence-electron chi connectivity index (χ4n) is 2.25. The minimum Gasteiger partial charge on any atom is -0.493 e. The molecule has 0 saturated heterocycles. The third-order valence-corrected chi connectivity index (χ3v) is 3.32. The smallest absolute Gasteiger partial charge is 0.183 e. The number of hydrogen-bond acceptors (Lipinski definition) is 4. The first-order valence-corrected chi connectivity index (χ1v) is 7.15. The van der Waals surface area contributed by atoms with Crippen LogP contribution in [-0.4, -0.2) is 25.7 Å². The van der Waals surface area contributed by atoms with Crippen molar-refractivity contribution >= 4 is 0 Å². The Bertz CT molecular complexity index is 544. The number of ether oxygens (including phenoxy) is 2. The van der Waals surface area contributed by atoms with E-state index in [0.717, 1.165) is 25.1 Å². The van der Waals surface area contributed by atoms with Crippen LogP contribution in [0.1, 0.15) is 17.7 Å². The van der Waals surface area contributed by atoms with Crippen LogP contribution in [0.4, 0.5) is 0 Å². The van der Waals surface area contributed by atoms with Crippen molar-refractivity contribution in [2.45, 2.75) is 19.4 Å². The second-order valence-corrected chi connectivity index (χ2v) is 4.76. The molecule has 112 valence electrons. The molecule has 0 atom stereocenters. The Morgan fingerprint density at radius 3 is 2.57 bits per heavy atom. The quantitative estimate of drug-likeness (QED) is 0.758. The van der Waals surface area contributed by atoms with Crippen molar-refractivity contribution in [1.82, 2.24) is 10.3 Å². The second-order valence-electron chi connectivity index (χ2n) is 4.76. The molecule has 1 aromatic carbocycles. The maximum absolute atomic E-state index is 5.37. The molecule has 0 fully saturated rings. The molecule has 2 rings (SSSR count). The van der Waals surface area contributed by atoms with Crippen LogP contribution in [0.5, 0.6) is 11.5 Å². The van der Waals surface area contributed by atoms with Gasteiger partial charge in [0, 0.05) is 18.8 Å². The fourth-order valence-corrected chi connectivity index (χ4v) is 2.25. The topological polar surface area (TPSA) is 43.4 Å². The molecule has 1 aromatic heterocycles. The zero-order valence-corrected chi connectivity index (χ0v) is 12.6. The predicted octanol–water partition coefficient (Wildman–Crippen LogP) is 2.82. The average molecular weight is 286 g/mol. The summed E-state index contributed by atoms with van der Waals surface area (Å²) in [4.78, 5) is 4.35. The van der Waals surface area contributed by atoms with E-state index in [1.807, 2.05) is 6.07 Å². The predicted molar refractivity (Wildman–Crippen MR) is 83.8 cm³/mol. The van der Waals surface area contributed by atoms with Gasteiger partial charge in [-0.2, -0.15) is 0 Å². The third-order valence-electron chi connectivity index (χ3n) is 3.32. The van der Waals surface area contributed by atoms with Crippen molar-refractivity contribution in [2.75, 3.05) is 20.8 Å². The SMILES string of the molecule is COc1ccnc(CNCCCc2ccccc2)c1OC. The zero-order valence-electron chi connectivity index (χ0n) is 12.6. The number of pyridine rings is 1. The molecule has 0 unspecified atom stereocenters. The fraction of sp³-hybridized carbons (Fsp3) is 0.353. The van der Waals surface area contributed by atoms with Crippen LogP contribution in [0.3, 0.4) is 0 Å². The summed E-state index contributed by atoms with van der Waals surface area (Å²) in [5.41, 5.74) is 2.24. The minimum absolute atomic E-state index is 0.676. The summed E-state index contributed by atoms with van der Waals surface area (Å²) in [6, 6.07) is 12.3. The molecule has 21 heavy (non-hydrogen) atoms. The van der Waals surface area contributed by atoms with Gasteiger partial charge in [0.15, 0.2) is 11.5 Å². The summed E-state index contributed by atoms with van der Waals surface area (Å²) in [6.07, 6.45) is 3.91. The number of aromatic nitrogens is 1. The number of rotatable bonds is 8. The molecule has 0 radical (unpaired) electrons. The number of aryl methyl sites for hydroxylation is 1. The van der Waals surface area contributed by atoms with E-state index in [1.165, 1.54) is 5.56 Å². The summed E-state index contributed by atoms with van der Waals surface area (Å²) in [6.45, 7) is 1.62. The van der Waals surface area contributed by atoms with Gasteiger partial charge in [0.05, 0.1) is 19.9 Å². The second kappa shape index (κ2) is 8.27. The molecule has 0 spiro atoms. The van der Waals surface area contributed by atoms with Crippen LogP contribution >= 0.6 is 0 Å². The van der Waals surface area contributed by atoms with Crippen molar-refractivity contribution in [2.24, 2.45) is 0 Å². The van der Waals surface area contributed by atoms with Crippen LogP contribution in [0.15, 0.2) is 42.6 Å². The van der Waals surface area contributed by atoms with Gasteiger partial charge in [-0.25, -0.2) is 0 Å². The average Bonchev–Trinajstić information content (AvgIpc) is 2.55. The largest absolute Gasteiger partial charge is 0.493 e. The molecule has 0 aliphatic carbocycles. The Hall–Kier alpha value is -2.07. The molecule has 1 heterocycles. The van der Waals surface area contributed by atoms with Crippen molar-refractivity contribution < 1.29 is 9.47 Å². The molecule has 0 saturated carbocycles. The van der Waals surface area contributed by atoms with Crippen LogP contribution in [0.25, 0.3) is 0 Å². The minimum atomic E-state index is 0.676. The monoisotopic (exact) mass is 286 g/mol. The van der Waals surface area contributed by atoms with E-state index in [0.29, 0.717) is 18.0 Å². The van der Waals surface area contributed by atoms with Crippen LogP contribution in [0.2, 0.25) is 0 Å². The lowest BCUT2D eigenvalue weighted by Crippen LogP contribution is -2.17. The normalized spacial score (nSPS) is 10.4. The first-order valence-electron chi connectivity index (χ1n) is 7.15. The first-order chi connectivity index (χ1) is 10.3. The van der Waals surface area contributed by atoms with Gasteiger partial charge < -0.3 is 14.8 Å². The molecule has 0 amide bonds. The third kappa shape index (κ3) is 4.46. The van der Waals surface area contributed by atoms with Gasteiger partial charge in [-0.1, -0.05) is 30.3 Å². The lowest BCUT2D eigenvalue weighted by molar-refractivity contribution is 0.348. The summed E-state index contributed by atoms with van der Waals surface area (Å²) in [5.74, 6) is 1.42. The Labute approximate surface area is 126 Å². The van der Waals surface area contributed by atoms with E-state index < -0.39 is 0 Å². The van der Waals surface area contributed by atoms with Crippen molar-refractivity contribution in [1.29, 1.82) is 0 Å². The van der Waals surface area contributed by atoms with Gasteiger partial charge in [-0.15, -0.1) is 0 Å². The number of hydrogen-bond donors (Lipinski definition) is 1. The number of nitrogens with zero attached hydrogens (tertiary/aromatic N) is 1. The summed E-state index contributed by atoms with van der Waals surface area (Å²) >= 11 is 0. The molecule has 4 nitrogen and oxygen atoms in total. The first kappa shape index (κ1) is 15.3. The molecule has 0 aliphatic rings. The Morgan fingerprint density at radius 1 is 1.05 bits per heavy atom. The lowest BCUT2D eigenvalue weighted by atomic mass is 10.1. The van der Waals surface area contributed by atoms with E-state index in [-0.39, 0.29) is 0 Å². The summed E-state index contributed by atoms with van der Waals surface area (Å²) < 4.78 is 10.6. The number of methoxy groups -OCH3 is 2. The molecule has 2 aromatic rings. The van der Waals surface area contributed by atoms with E-state index in [2.05, 4.69) is 34.6 Å². The Kier molecular flexibility index (Phi) is 6.03. The van der Waals surface area contributed by atoms with Gasteiger partial charge in [0.1, 0.15) is 0 Å². The molecule has 1 N–H and O–H groups in total.